The molecule has 6 nitrogen and oxygen atoms in total. The van der Waals surface area contributed by atoms with Gasteiger partial charge in [-0.3, -0.25) is 4.99 Å². The number of aliphatic imine (C=N–C) groups is 1. The third kappa shape index (κ3) is 5.40. The minimum atomic E-state index is -2.88. The summed E-state index contributed by atoms with van der Waals surface area (Å²) >= 11 is 0. The normalized spacial score (nSPS) is 21.3. The van der Waals surface area contributed by atoms with E-state index in [1.54, 1.807) is 14.2 Å². The summed E-state index contributed by atoms with van der Waals surface area (Å²) in [5.41, 5.74) is 1.27. The summed E-state index contributed by atoms with van der Waals surface area (Å²) in [5.74, 6) is 2.39. The second-order valence-corrected chi connectivity index (χ2v) is 8.43. The lowest BCUT2D eigenvalue weighted by atomic mass is 9.98. The van der Waals surface area contributed by atoms with Gasteiger partial charge in [-0.05, 0) is 36.5 Å². The lowest BCUT2D eigenvalue weighted by Crippen LogP contribution is -2.44. The second-order valence-electron chi connectivity index (χ2n) is 6.21. The first kappa shape index (κ1) is 18.6. The van der Waals surface area contributed by atoms with Gasteiger partial charge in [-0.2, -0.15) is 0 Å². The fourth-order valence-corrected chi connectivity index (χ4v) is 4.48. The predicted octanol–water partition coefficient (Wildman–Crippen LogP) is 1.54. The van der Waals surface area contributed by atoms with Crippen LogP contribution in [0, 0.1) is 0 Å². The lowest BCUT2D eigenvalue weighted by molar-refractivity contribution is 0.414. The second kappa shape index (κ2) is 8.37. The molecule has 0 bridgehead atoms. The summed E-state index contributed by atoms with van der Waals surface area (Å²) < 4.78 is 28.2. The van der Waals surface area contributed by atoms with E-state index in [4.69, 9.17) is 4.74 Å². The Bertz CT molecular complexity index is 656. The highest BCUT2D eigenvalue weighted by Crippen LogP contribution is 2.21. The molecule has 134 valence electrons. The van der Waals surface area contributed by atoms with Crippen molar-refractivity contribution in [1.29, 1.82) is 0 Å². The number of nitrogens with one attached hydrogen (secondary N) is 2. The molecule has 1 saturated heterocycles. The van der Waals surface area contributed by atoms with Gasteiger partial charge in [0.2, 0.25) is 0 Å². The van der Waals surface area contributed by atoms with Crippen LogP contribution in [0.2, 0.25) is 0 Å². The molecule has 0 aromatic heterocycles. The van der Waals surface area contributed by atoms with Crippen LogP contribution in [0.3, 0.4) is 0 Å². The van der Waals surface area contributed by atoms with Crippen molar-refractivity contribution < 1.29 is 13.2 Å². The molecule has 1 aliphatic heterocycles. The Hall–Kier alpha value is -1.76. The fourth-order valence-electron chi connectivity index (χ4n) is 2.80. The average Bonchev–Trinajstić information content (AvgIpc) is 2.92. The van der Waals surface area contributed by atoms with E-state index in [2.05, 4.69) is 34.7 Å². The number of hydrogen-bond donors (Lipinski definition) is 2. The van der Waals surface area contributed by atoms with Crippen LogP contribution in [0.1, 0.15) is 31.2 Å². The van der Waals surface area contributed by atoms with Gasteiger partial charge in [0.15, 0.2) is 15.8 Å². The monoisotopic (exact) mass is 353 g/mol. The summed E-state index contributed by atoms with van der Waals surface area (Å²) in [7, 11) is 0.483. The highest BCUT2D eigenvalue weighted by molar-refractivity contribution is 7.91. The van der Waals surface area contributed by atoms with Gasteiger partial charge in [0.25, 0.3) is 0 Å². The molecule has 2 rings (SSSR count). The fraction of sp³-hybridized carbons (Fsp3) is 0.588. The van der Waals surface area contributed by atoms with Gasteiger partial charge in [0, 0.05) is 19.6 Å². The molecule has 1 heterocycles. The molecule has 7 heteroatoms. The maximum atomic E-state index is 11.5. The minimum absolute atomic E-state index is 0.0415. The molecule has 0 amide bonds. The van der Waals surface area contributed by atoms with Gasteiger partial charge in [0.05, 0.1) is 18.6 Å². The molecule has 24 heavy (non-hydrogen) atoms. The number of hydrogen-bond acceptors (Lipinski definition) is 4. The number of sulfone groups is 1. The maximum absolute atomic E-state index is 11.5. The van der Waals surface area contributed by atoms with Gasteiger partial charge in [-0.1, -0.05) is 19.1 Å². The molecule has 1 fully saturated rings. The van der Waals surface area contributed by atoms with Crippen LogP contribution in [0.15, 0.2) is 29.3 Å². The Balaban J connectivity index is 1.77. The zero-order valence-corrected chi connectivity index (χ0v) is 15.4. The molecule has 2 N–H and O–H groups in total. The van der Waals surface area contributed by atoms with Crippen LogP contribution in [0.25, 0.3) is 0 Å². The van der Waals surface area contributed by atoms with Gasteiger partial charge in [-0.15, -0.1) is 0 Å². The Kier molecular flexibility index (Phi) is 6.48. The SMILES string of the molecule is CN=C(NCCC(C)c1ccc(OC)cc1)NC1CCS(=O)(=O)C1. The summed E-state index contributed by atoms with van der Waals surface area (Å²) in [6.07, 6.45) is 1.60. The van der Waals surface area contributed by atoms with Crippen molar-refractivity contribution in [2.45, 2.75) is 31.7 Å². The maximum Gasteiger partial charge on any atom is 0.191 e. The third-order valence-corrected chi connectivity index (χ3v) is 6.12. The Labute approximate surface area is 144 Å². The summed E-state index contributed by atoms with van der Waals surface area (Å²) in [4.78, 5) is 4.17. The first-order chi connectivity index (χ1) is 11.4. The molecule has 1 aromatic carbocycles. The quantitative estimate of drug-likeness (QED) is 0.599. The van der Waals surface area contributed by atoms with Crippen molar-refractivity contribution in [1.82, 2.24) is 10.6 Å². The molecule has 2 unspecified atom stereocenters. The number of benzene rings is 1. The zero-order chi connectivity index (χ0) is 17.6. The van der Waals surface area contributed by atoms with Crippen molar-refractivity contribution in [3.05, 3.63) is 29.8 Å². The van der Waals surface area contributed by atoms with E-state index < -0.39 is 9.84 Å². The van der Waals surface area contributed by atoms with E-state index >= 15 is 0 Å². The standard InChI is InChI=1S/C17H27N3O3S/c1-13(14-4-6-16(23-3)7-5-14)8-10-19-17(18-2)20-15-9-11-24(21,22)12-15/h4-7,13,15H,8-12H2,1-3H3,(H2,18,19,20). The van der Waals surface area contributed by atoms with Crippen molar-refractivity contribution in [2.24, 2.45) is 4.99 Å². The molecule has 0 radical (unpaired) electrons. The highest BCUT2D eigenvalue weighted by atomic mass is 32.2. The van der Waals surface area contributed by atoms with Crippen molar-refractivity contribution in [3.63, 3.8) is 0 Å². The summed E-state index contributed by atoms with van der Waals surface area (Å²) in [6.45, 7) is 2.95. The van der Waals surface area contributed by atoms with Crippen LogP contribution in [0.5, 0.6) is 5.75 Å². The molecule has 0 saturated carbocycles. The number of ether oxygens (including phenoxy) is 1. The van der Waals surface area contributed by atoms with E-state index in [0.29, 0.717) is 18.3 Å². The molecule has 1 aromatic rings. The van der Waals surface area contributed by atoms with Crippen LogP contribution in [-0.4, -0.2) is 52.6 Å². The van der Waals surface area contributed by atoms with E-state index in [9.17, 15) is 8.42 Å². The molecule has 0 aliphatic carbocycles. The molecular formula is C17H27N3O3S. The number of guanidine groups is 1. The van der Waals surface area contributed by atoms with Crippen molar-refractivity contribution in [3.8, 4) is 5.75 Å². The van der Waals surface area contributed by atoms with E-state index in [1.807, 2.05) is 12.1 Å². The number of nitrogens with zero attached hydrogens (tertiary/aromatic N) is 1. The Morgan fingerprint density at radius 3 is 2.62 bits per heavy atom. The first-order valence-corrected chi connectivity index (χ1v) is 10.1. The Morgan fingerprint density at radius 1 is 1.38 bits per heavy atom. The van der Waals surface area contributed by atoms with Crippen LogP contribution < -0.4 is 15.4 Å². The molecule has 0 spiro atoms. The van der Waals surface area contributed by atoms with Crippen LogP contribution in [-0.2, 0) is 9.84 Å². The van der Waals surface area contributed by atoms with Crippen molar-refractivity contribution >= 4 is 15.8 Å². The lowest BCUT2D eigenvalue weighted by Gasteiger charge is -2.18. The minimum Gasteiger partial charge on any atom is -0.497 e. The molecule has 2 atom stereocenters. The largest absolute Gasteiger partial charge is 0.497 e. The van der Waals surface area contributed by atoms with Crippen LogP contribution in [0.4, 0.5) is 0 Å². The summed E-state index contributed by atoms with van der Waals surface area (Å²) in [6, 6.07) is 8.07. The van der Waals surface area contributed by atoms with Gasteiger partial charge in [-0.25, -0.2) is 8.42 Å². The number of methoxy groups -OCH3 is 1. The van der Waals surface area contributed by atoms with E-state index in [1.165, 1.54) is 5.56 Å². The topological polar surface area (TPSA) is 79.8 Å². The zero-order valence-electron chi connectivity index (χ0n) is 14.6. The van der Waals surface area contributed by atoms with E-state index in [-0.39, 0.29) is 17.5 Å². The van der Waals surface area contributed by atoms with E-state index in [0.717, 1.165) is 18.7 Å². The van der Waals surface area contributed by atoms with Gasteiger partial charge >= 0.3 is 0 Å². The molecular weight excluding hydrogens is 326 g/mol. The summed E-state index contributed by atoms with van der Waals surface area (Å²) in [5, 5.41) is 6.46. The third-order valence-electron chi connectivity index (χ3n) is 4.35. The highest BCUT2D eigenvalue weighted by Gasteiger charge is 2.28. The predicted molar refractivity (Wildman–Crippen MR) is 97.6 cm³/mol. The van der Waals surface area contributed by atoms with Crippen molar-refractivity contribution in [2.75, 3.05) is 32.2 Å². The molecule has 1 aliphatic rings. The van der Waals surface area contributed by atoms with Gasteiger partial charge < -0.3 is 15.4 Å². The smallest absolute Gasteiger partial charge is 0.191 e. The van der Waals surface area contributed by atoms with Gasteiger partial charge in [0.1, 0.15) is 5.75 Å². The number of rotatable bonds is 6. The first-order valence-electron chi connectivity index (χ1n) is 8.25. The van der Waals surface area contributed by atoms with Crippen LogP contribution >= 0.6 is 0 Å². The Morgan fingerprint density at radius 2 is 2.08 bits per heavy atom. The average molecular weight is 353 g/mol.